The van der Waals surface area contributed by atoms with E-state index in [0.29, 0.717) is 12.0 Å². The largest absolute Gasteiger partial charge is 0.357 e. The maximum absolute atomic E-state index is 4.62. The van der Waals surface area contributed by atoms with Gasteiger partial charge in [-0.2, -0.15) is 0 Å². The number of pyridine rings is 1. The van der Waals surface area contributed by atoms with Crippen LogP contribution in [0.5, 0.6) is 0 Å². The molecule has 21 heavy (non-hydrogen) atoms. The molecular formula is C16H21N5. The lowest BCUT2D eigenvalue weighted by Crippen LogP contribution is -2.33. The van der Waals surface area contributed by atoms with Crippen LogP contribution in [0.25, 0.3) is 0 Å². The summed E-state index contributed by atoms with van der Waals surface area (Å²) in [6.07, 6.45) is 7.34. The van der Waals surface area contributed by atoms with Crippen molar-refractivity contribution in [3.63, 3.8) is 0 Å². The van der Waals surface area contributed by atoms with Crippen molar-refractivity contribution < 1.29 is 0 Å². The van der Waals surface area contributed by atoms with Crippen molar-refractivity contribution in [1.29, 1.82) is 0 Å². The average molecular weight is 283 g/mol. The molecular weight excluding hydrogens is 262 g/mol. The second-order valence-corrected chi connectivity index (χ2v) is 5.36. The predicted molar refractivity (Wildman–Crippen MR) is 82.8 cm³/mol. The lowest BCUT2D eigenvalue weighted by Gasteiger charge is -2.35. The Morgan fingerprint density at radius 3 is 2.95 bits per heavy atom. The van der Waals surface area contributed by atoms with Gasteiger partial charge >= 0.3 is 0 Å². The zero-order valence-electron chi connectivity index (χ0n) is 12.4. The van der Waals surface area contributed by atoms with E-state index in [9.17, 15) is 0 Å². The molecule has 110 valence electrons. The highest BCUT2D eigenvalue weighted by Crippen LogP contribution is 2.30. The lowest BCUT2D eigenvalue weighted by atomic mass is 9.99. The van der Waals surface area contributed by atoms with E-state index >= 15 is 0 Å². The molecule has 0 radical (unpaired) electrons. The molecule has 0 saturated carbocycles. The SMILES string of the molecule is CNc1nccc(C2CCCCN2Cc2ccccn2)n1. The van der Waals surface area contributed by atoms with E-state index in [0.717, 1.165) is 30.9 Å². The Hall–Kier alpha value is -2.01. The van der Waals surface area contributed by atoms with Crippen LogP contribution >= 0.6 is 0 Å². The molecule has 0 aliphatic carbocycles. The fourth-order valence-corrected chi connectivity index (χ4v) is 2.89. The molecule has 0 bridgehead atoms. The molecule has 1 fully saturated rings. The summed E-state index contributed by atoms with van der Waals surface area (Å²) < 4.78 is 0. The topological polar surface area (TPSA) is 53.9 Å². The molecule has 0 aromatic carbocycles. The van der Waals surface area contributed by atoms with E-state index in [1.165, 1.54) is 12.8 Å². The molecule has 1 N–H and O–H groups in total. The van der Waals surface area contributed by atoms with Crippen molar-refractivity contribution in [2.45, 2.75) is 31.8 Å². The van der Waals surface area contributed by atoms with Crippen LogP contribution in [0, 0.1) is 0 Å². The Morgan fingerprint density at radius 1 is 1.19 bits per heavy atom. The minimum Gasteiger partial charge on any atom is -0.357 e. The van der Waals surface area contributed by atoms with Gasteiger partial charge in [-0.15, -0.1) is 0 Å². The monoisotopic (exact) mass is 283 g/mol. The first-order valence-electron chi connectivity index (χ1n) is 7.51. The molecule has 2 aromatic heterocycles. The number of hydrogen-bond acceptors (Lipinski definition) is 5. The minimum atomic E-state index is 0.357. The summed E-state index contributed by atoms with van der Waals surface area (Å²) in [7, 11) is 1.85. The molecule has 3 heterocycles. The lowest BCUT2D eigenvalue weighted by molar-refractivity contribution is 0.135. The summed E-state index contributed by atoms with van der Waals surface area (Å²) >= 11 is 0. The van der Waals surface area contributed by atoms with Gasteiger partial charge in [0.15, 0.2) is 0 Å². The van der Waals surface area contributed by atoms with Crippen LogP contribution < -0.4 is 5.32 Å². The molecule has 0 amide bonds. The number of likely N-dealkylation sites (tertiary alicyclic amines) is 1. The van der Waals surface area contributed by atoms with Gasteiger partial charge < -0.3 is 5.32 Å². The first-order chi connectivity index (χ1) is 10.4. The summed E-state index contributed by atoms with van der Waals surface area (Å²) in [4.78, 5) is 15.8. The summed E-state index contributed by atoms with van der Waals surface area (Å²) in [6.45, 7) is 1.98. The van der Waals surface area contributed by atoms with Crippen molar-refractivity contribution in [3.8, 4) is 0 Å². The zero-order valence-corrected chi connectivity index (χ0v) is 12.4. The van der Waals surface area contributed by atoms with Crippen LogP contribution in [0.3, 0.4) is 0 Å². The highest BCUT2D eigenvalue weighted by molar-refractivity contribution is 5.25. The van der Waals surface area contributed by atoms with Crippen LogP contribution in [-0.2, 0) is 6.54 Å². The van der Waals surface area contributed by atoms with Crippen molar-refractivity contribution in [2.75, 3.05) is 18.9 Å². The van der Waals surface area contributed by atoms with Crippen LogP contribution in [0.15, 0.2) is 36.7 Å². The third-order valence-corrected chi connectivity index (χ3v) is 3.95. The van der Waals surface area contributed by atoms with E-state index in [-0.39, 0.29) is 0 Å². The molecule has 3 rings (SSSR count). The smallest absolute Gasteiger partial charge is 0.222 e. The number of hydrogen-bond donors (Lipinski definition) is 1. The maximum atomic E-state index is 4.62. The summed E-state index contributed by atoms with van der Waals surface area (Å²) in [5, 5.41) is 3.02. The molecule has 1 unspecified atom stereocenters. The molecule has 2 aromatic rings. The molecule has 0 spiro atoms. The molecule has 5 heteroatoms. The van der Waals surface area contributed by atoms with E-state index in [1.54, 1.807) is 0 Å². The van der Waals surface area contributed by atoms with Crippen molar-refractivity contribution in [1.82, 2.24) is 19.9 Å². The number of piperidine rings is 1. The maximum Gasteiger partial charge on any atom is 0.222 e. The Kier molecular flexibility index (Phi) is 4.40. The molecule has 1 aliphatic rings. The highest BCUT2D eigenvalue weighted by atomic mass is 15.2. The van der Waals surface area contributed by atoms with Crippen molar-refractivity contribution >= 4 is 5.95 Å². The van der Waals surface area contributed by atoms with Gasteiger partial charge in [0, 0.05) is 26.0 Å². The van der Waals surface area contributed by atoms with Gasteiger partial charge in [-0.1, -0.05) is 12.5 Å². The predicted octanol–water partition coefficient (Wildman–Crippen LogP) is 2.64. The van der Waals surface area contributed by atoms with Gasteiger partial charge in [0.05, 0.1) is 17.4 Å². The number of aromatic nitrogens is 3. The third kappa shape index (κ3) is 3.36. The zero-order chi connectivity index (χ0) is 14.5. The number of rotatable bonds is 4. The number of nitrogens with one attached hydrogen (secondary N) is 1. The Morgan fingerprint density at radius 2 is 2.14 bits per heavy atom. The van der Waals surface area contributed by atoms with E-state index in [4.69, 9.17) is 0 Å². The van der Waals surface area contributed by atoms with Crippen LogP contribution in [0.2, 0.25) is 0 Å². The van der Waals surface area contributed by atoms with Crippen LogP contribution in [0.4, 0.5) is 5.95 Å². The van der Waals surface area contributed by atoms with E-state index in [1.807, 2.05) is 37.6 Å². The quantitative estimate of drug-likeness (QED) is 0.935. The Balaban J connectivity index is 1.80. The second kappa shape index (κ2) is 6.63. The number of anilines is 1. The van der Waals surface area contributed by atoms with Crippen molar-refractivity contribution in [3.05, 3.63) is 48.0 Å². The molecule has 1 atom stereocenters. The van der Waals surface area contributed by atoms with Crippen LogP contribution in [-0.4, -0.2) is 33.4 Å². The van der Waals surface area contributed by atoms with Crippen molar-refractivity contribution in [2.24, 2.45) is 0 Å². The fourth-order valence-electron chi connectivity index (χ4n) is 2.89. The molecule has 1 aliphatic heterocycles. The average Bonchev–Trinajstić information content (AvgIpc) is 2.56. The second-order valence-electron chi connectivity index (χ2n) is 5.36. The van der Waals surface area contributed by atoms with Gasteiger partial charge in [-0.25, -0.2) is 9.97 Å². The summed E-state index contributed by atoms with van der Waals surface area (Å²) in [5.41, 5.74) is 2.22. The van der Waals surface area contributed by atoms with Gasteiger partial charge in [0.2, 0.25) is 5.95 Å². The minimum absolute atomic E-state index is 0.357. The van der Waals surface area contributed by atoms with Gasteiger partial charge in [0.1, 0.15) is 0 Å². The first-order valence-corrected chi connectivity index (χ1v) is 7.51. The van der Waals surface area contributed by atoms with Gasteiger partial charge in [0.25, 0.3) is 0 Å². The summed E-state index contributed by atoms with van der Waals surface area (Å²) in [6, 6.07) is 8.48. The van der Waals surface area contributed by atoms with E-state index < -0.39 is 0 Å². The Bertz CT molecular complexity index is 572. The molecule has 5 nitrogen and oxygen atoms in total. The van der Waals surface area contributed by atoms with Gasteiger partial charge in [-0.3, -0.25) is 9.88 Å². The van der Waals surface area contributed by atoms with Gasteiger partial charge in [-0.05, 0) is 37.6 Å². The first kappa shape index (κ1) is 13.9. The van der Waals surface area contributed by atoms with Crippen LogP contribution in [0.1, 0.15) is 36.7 Å². The molecule has 1 saturated heterocycles. The fraction of sp³-hybridized carbons (Fsp3) is 0.438. The standard InChI is InChI=1S/C16H21N5/c1-17-16-19-10-8-14(20-16)15-7-3-5-11-21(15)12-13-6-2-4-9-18-13/h2,4,6,8-10,15H,3,5,7,11-12H2,1H3,(H,17,19,20). The normalized spacial score (nSPS) is 19.4. The summed E-state index contributed by atoms with van der Waals surface area (Å²) in [5.74, 6) is 0.691. The van der Waals surface area contributed by atoms with E-state index in [2.05, 4.69) is 31.2 Å². The highest BCUT2D eigenvalue weighted by Gasteiger charge is 2.25. The number of nitrogens with zero attached hydrogens (tertiary/aromatic N) is 4. The Labute approximate surface area is 125 Å². The third-order valence-electron chi connectivity index (χ3n) is 3.95.